The summed E-state index contributed by atoms with van der Waals surface area (Å²) in [5.74, 6) is -0.216. The molecule has 1 N–H and O–H groups in total. The number of ether oxygens (including phenoxy) is 2. The molecule has 4 heterocycles. The van der Waals surface area contributed by atoms with Gasteiger partial charge in [0.15, 0.2) is 0 Å². The summed E-state index contributed by atoms with van der Waals surface area (Å²) >= 11 is 0. The van der Waals surface area contributed by atoms with Crippen LogP contribution in [0.4, 0.5) is 0 Å². The third-order valence-electron chi connectivity index (χ3n) is 7.74. The largest absolute Gasteiger partial charge is 0.487 e. The number of fused-ring (bicyclic) bond motifs is 3. The molecule has 3 aliphatic heterocycles. The zero-order valence-corrected chi connectivity index (χ0v) is 19.1. The van der Waals surface area contributed by atoms with Crippen molar-refractivity contribution in [3.05, 3.63) is 59.4 Å². The van der Waals surface area contributed by atoms with Gasteiger partial charge in [0.25, 0.3) is 5.91 Å². The van der Waals surface area contributed by atoms with Crippen molar-refractivity contribution in [3.63, 3.8) is 0 Å². The number of carbonyl (C=O) groups excluding carboxylic acids is 1. The van der Waals surface area contributed by atoms with Gasteiger partial charge < -0.3 is 19.5 Å². The number of aromatic nitrogens is 1. The number of amides is 1. The Morgan fingerprint density at radius 3 is 2.85 bits per heavy atom. The molecule has 1 aromatic carbocycles. The third kappa shape index (κ3) is 3.68. The SMILES string of the molecule is Cc1cccnc1C(=O)N1CCC[C@]12CO[C@H]1c3ccccc3O[C@@](C)(CCC(=O)O)[C@@H]1C2. The van der Waals surface area contributed by atoms with Gasteiger partial charge in [-0.05, 0) is 57.2 Å². The minimum Gasteiger partial charge on any atom is -0.487 e. The Morgan fingerprint density at radius 2 is 2.06 bits per heavy atom. The molecule has 0 unspecified atom stereocenters. The number of hydrogen-bond donors (Lipinski definition) is 1. The number of carboxylic acids is 1. The summed E-state index contributed by atoms with van der Waals surface area (Å²) < 4.78 is 13.0. The molecule has 7 heteroatoms. The molecule has 1 aromatic heterocycles. The molecule has 174 valence electrons. The predicted octanol–water partition coefficient (Wildman–Crippen LogP) is 4.16. The van der Waals surface area contributed by atoms with Crippen LogP contribution < -0.4 is 4.74 Å². The zero-order chi connectivity index (χ0) is 23.2. The van der Waals surface area contributed by atoms with Gasteiger partial charge in [0.2, 0.25) is 0 Å². The van der Waals surface area contributed by atoms with Crippen molar-refractivity contribution in [1.29, 1.82) is 0 Å². The minimum atomic E-state index is -0.843. The number of para-hydroxylation sites is 1. The van der Waals surface area contributed by atoms with Gasteiger partial charge in [-0.3, -0.25) is 14.6 Å². The molecule has 4 atom stereocenters. The van der Waals surface area contributed by atoms with Crippen LogP contribution >= 0.6 is 0 Å². The zero-order valence-electron chi connectivity index (χ0n) is 19.1. The van der Waals surface area contributed by atoms with Gasteiger partial charge in [0.1, 0.15) is 17.0 Å². The summed E-state index contributed by atoms with van der Waals surface area (Å²) in [6.07, 6.45) is 4.33. The molecular weight excluding hydrogens is 420 g/mol. The van der Waals surface area contributed by atoms with Crippen molar-refractivity contribution < 1.29 is 24.2 Å². The second-order valence-electron chi connectivity index (χ2n) is 9.84. The van der Waals surface area contributed by atoms with Crippen molar-refractivity contribution in [2.75, 3.05) is 13.2 Å². The molecular formula is C26H30N2O5. The van der Waals surface area contributed by atoms with Crippen LogP contribution in [-0.4, -0.2) is 51.2 Å². The molecule has 0 saturated carbocycles. The Kier molecular flexibility index (Phi) is 5.40. The highest BCUT2D eigenvalue weighted by Gasteiger charge is 2.57. The van der Waals surface area contributed by atoms with Crippen LogP contribution in [0.2, 0.25) is 0 Å². The Balaban J connectivity index is 1.50. The van der Waals surface area contributed by atoms with Crippen LogP contribution in [0.15, 0.2) is 42.6 Å². The molecule has 2 saturated heterocycles. The topological polar surface area (TPSA) is 89.0 Å². The van der Waals surface area contributed by atoms with Crippen molar-refractivity contribution >= 4 is 11.9 Å². The summed E-state index contributed by atoms with van der Waals surface area (Å²) in [6.45, 7) is 5.02. The number of carbonyl (C=O) groups is 2. The lowest BCUT2D eigenvalue weighted by Crippen LogP contribution is -2.60. The maximum Gasteiger partial charge on any atom is 0.303 e. The second-order valence-corrected chi connectivity index (χ2v) is 9.84. The molecule has 2 aromatic rings. The minimum absolute atomic E-state index is 0.0185. The Bertz CT molecular complexity index is 1090. The number of nitrogens with zero attached hydrogens (tertiary/aromatic N) is 2. The maximum atomic E-state index is 13.6. The van der Waals surface area contributed by atoms with Crippen molar-refractivity contribution in [3.8, 4) is 5.75 Å². The van der Waals surface area contributed by atoms with Gasteiger partial charge in [-0.15, -0.1) is 0 Å². The third-order valence-corrected chi connectivity index (χ3v) is 7.74. The van der Waals surface area contributed by atoms with Gasteiger partial charge >= 0.3 is 5.97 Å². The molecule has 0 bridgehead atoms. The van der Waals surface area contributed by atoms with Crippen molar-refractivity contribution in [2.24, 2.45) is 5.92 Å². The first kappa shape index (κ1) is 21.9. The standard InChI is InChI=1S/C26H30N2O5/c1-17-7-5-13-27-22(17)24(31)28-14-6-11-26(28)15-19-23(32-16-26)18-8-3-4-9-20(18)33-25(19,2)12-10-21(29)30/h3-5,7-9,13,19,23H,6,10-12,14-16H2,1-2H3,(H,29,30)/t19-,23+,25+,26+/m1/s1. The van der Waals surface area contributed by atoms with Crippen LogP contribution in [0.5, 0.6) is 5.75 Å². The van der Waals surface area contributed by atoms with Crippen molar-refractivity contribution in [1.82, 2.24) is 9.88 Å². The monoisotopic (exact) mass is 450 g/mol. The van der Waals surface area contributed by atoms with E-state index in [-0.39, 0.29) is 24.3 Å². The highest BCUT2D eigenvalue weighted by atomic mass is 16.5. The van der Waals surface area contributed by atoms with Gasteiger partial charge in [-0.25, -0.2) is 0 Å². The highest BCUT2D eigenvalue weighted by Crippen LogP contribution is 2.55. The summed E-state index contributed by atoms with van der Waals surface area (Å²) in [4.78, 5) is 31.3. The van der Waals surface area contributed by atoms with Crippen molar-refractivity contribution in [2.45, 2.75) is 63.2 Å². The number of pyridine rings is 1. The molecule has 33 heavy (non-hydrogen) atoms. The average molecular weight is 451 g/mol. The summed E-state index contributed by atoms with van der Waals surface area (Å²) in [7, 11) is 0. The van der Waals surface area contributed by atoms with E-state index in [4.69, 9.17) is 9.47 Å². The normalized spacial score (nSPS) is 30.4. The Morgan fingerprint density at radius 1 is 1.24 bits per heavy atom. The van der Waals surface area contributed by atoms with Gasteiger partial charge in [0, 0.05) is 30.6 Å². The Labute approximate surface area is 193 Å². The molecule has 1 spiro atoms. The van der Waals surface area contributed by atoms with E-state index >= 15 is 0 Å². The van der Waals surface area contributed by atoms with Crippen LogP contribution in [0.25, 0.3) is 0 Å². The van der Waals surface area contributed by atoms with Crippen LogP contribution in [0.3, 0.4) is 0 Å². The number of aryl methyl sites for hydroxylation is 1. The summed E-state index contributed by atoms with van der Waals surface area (Å²) in [5.41, 5.74) is 1.20. The quantitative estimate of drug-likeness (QED) is 0.753. The fourth-order valence-corrected chi connectivity index (χ4v) is 5.96. The number of rotatable bonds is 4. The first-order valence-electron chi connectivity index (χ1n) is 11.7. The van der Waals surface area contributed by atoms with Gasteiger partial charge in [-0.1, -0.05) is 24.3 Å². The van der Waals surface area contributed by atoms with Crippen LogP contribution in [0, 0.1) is 12.8 Å². The Hall–Kier alpha value is -2.93. The van der Waals surface area contributed by atoms with Crippen LogP contribution in [0.1, 0.15) is 66.7 Å². The molecule has 3 aliphatic rings. The summed E-state index contributed by atoms with van der Waals surface area (Å²) in [6, 6.07) is 11.6. The van der Waals surface area contributed by atoms with E-state index in [1.54, 1.807) is 6.20 Å². The number of likely N-dealkylation sites (tertiary alicyclic amines) is 1. The van der Waals surface area contributed by atoms with E-state index in [1.807, 2.05) is 55.1 Å². The number of carboxylic acid groups (broad SMARTS) is 1. The first-order valence-corrected chi connectivity index (χ1v) is 11.7. The van der Waals surface area contributed by atoms with Gasteiger partial charge in [0.05, 0.1) is 18.2 Å². The lowest BCUT2D eigenvalue weighted by atomic mass is 9.68. The second kappa shape index (κ2) is 8.13. The summed E-state index contributed by atoms with van der Waals surface area (Å²) in [5, 5.41) is 9.38. The molecule has 0 aliphatic carbocycles. The number of benzene rings is 1. The lowest BCUT2D eigenvalue weighted by Gasteiger charge is -2.54. The fourth-order valence-electron chi connectivity index (χ4n) is 5.96. The van der Waals surface area contributed by atoms with E-state index in [0.29, 0.717) is 31.7 Å². The van der Waals surface area contributed by atoms with Crippen LogP contribution in [-0.2, 0) is 9.53 Å². The molecule has 7 nitrogen and oxygen atoms in total. The highest BCUT2D eigenvalue weighted by molar-refractivity contribution is 5.94. The lowest BCUT2D eigenvalue weighted by molar-refractivity contribution is -0.169. The maximum absolute atomic E-state index is 13.6. The predicted molar refractivity (Wildman–Crippen MR) is 121 cm³/mol. The number of hydrogen-bond acceptors (Lipinski definition) is 5. The fraction of sp³-hybridized carbons (Fsp3) is 0.500. The van der Waals surface area contributed by atoms with Gasteiger partial charge in [-0.2, -0.15) is 0 Å². The molecule has 0 radical (unpaired) electrons. The molecule has 1 amide bonds. The average Bonchev–Trinajstić information content (AvgIpc) is 3.20. The van der Waals surface area contributed by atoms with E-state index in [2.05, 4.69) is 4.98 Å². The first-order chi connectivity index (χ1) is 15.8. The smallest absolute Gasteiger partial charge is 0.303 e. The van der Waals surface area contributed by atoms with E-state index in [9.17, 15) is 14.7 Å². The van der Waals surface area contributed by atoms with E-state index in [1.165, 1.54) is 0 Å². The molecule has 5 rings (SSSR count). The van der Waals surface area contributed by atoms with E-state index in [0.717, 1.165) is 29.7 Å². The van der Waals surface area contributed by atoms with E-state index < -0.39 is 17.1 Å². The molecule has 2 fully saturated rings. The number of aliphatic carboxylic acids is 1.